The highest BCUT2D eigenvalue weighted by atomic mass is 32.1. The van der Waals surface area contributed by atoms with E-state index >= 15 is 0 Å². The van der Waals surface area contributed by atoms with E-state index < -0.39 is 11.5 Å². The Labute approximate surface area is 109 Å². The first kappa shape index (κ1) is 14.4. The third kappa shape index (κ3) is 2.45. The molecule has 0 atom stereocenters. The van der Waals surface area contributed by atoms with Gasteiger partial charge in [-0.1, -0.05) is 11.3 Å². The van der Waals surface area contributed by atoms with Gasteiger partial charge in [0.05, 0.1) is 5.69 Å². The van der Waals surface area contributed by atoms with Crippen molar-refractivity contribution in [3.05, 3.63) is 10.6 Å². The van der Waals surface area contributed by atoms with E-state index in [0.717, 1.165) is 11.3 Å². The van der Waals surface area contributed by atoms with Crippen molar-refractivity contribution in [2.75, 3.05) is 12.3 Å². The first-order chi connectivity index (χ1) is 8.21. The molecule has 100 valence electrons. The fourth-order valence-electron chi connectivity index (χ4n) is 1.65. The lowest BCUT2D eigenvalue weighted by Gasteiger charge is -2.33. The quantitative estimate of drug-likeness (QED) is 0.861. The zero-order valence-corrected chi connectivity index (χ0v) is 11.7. The number of hydrogen-bond acceptors (Lipinski definition) is 5. The Morgan fingerprint density at radius 1 is 1.50 bits per heavy atom. The molecule has 18 heavy (non-hydrogen) atoms. The first-order valence-corrected chi connectivity index (χ1v) is 6.31. The van der Waals surface area contributed by atoms with E-state index in [0.29, 0.717) is 22.2 Å². The minimum Gasteiger partial charge on any atom is -0.480 e. The van der Waals surface area contributed by atoms with Crippen LogP contribution in [0.2, 0.25) is 0 Å². The van der Waals surface area contributed by atoms with E-state index in [2.05, 4.69) is 4.98 Å². The number of amides is 1. The molecule has 0 aromatic carbocycles. The van der Waals surface area contributed by atoms with Gasteiger partial charge in [0.2, 0.25) is 0 Å². The number of nitrogens with two attached hydrogens (primary N) is 1. The van der Waals surface area contributed by atoms with Crippen molar-refractivity contribution >= 4 is 28.3 Å². The number of rotatable bonds is 4. The van der Waals surface area contributed by atoms with Crippen LogP contribution in [0.15, 0.2) is 0 Å². The Morgan fingerprint density at radius 3 is 2.39 bits per heavy atom. The Bertz CT molecular complexity index is 482. The Balaban J connectivity index is 3.15. The van der Waals surface area contributed by atoms with E-state index in [-0.39, 0.29) is 5.91 Å². The van der Waals surface area contributed by atoms with Gasteiger partial charge in [0, 0.05) is 6.54 Å². The number of carboxylic acids is 1. The number of nitrogen functional groups attached to an aromatic ring is 1. The molecular weight excluding hydrogens is 254 g/mol. The normalized spacial score (nSPS) is 11.3. The second kappa shape index (κ2) is 4.93. The predicted octanol–water partition coefficient (Wildman–Crippen LogP) is 1.36. The maximum Gasteiger partial charge on any atom is 0.329 e. The minimum absolute atomic E-state index is 0.301. The van der Waals surface area contributed by atoms with Gasteiger partial charge in [-0.3, -0.25) is 4.79 Å². The lowest BCUT2D eigenvalue weighted by molar-refractivity contribution is -0.147. The average Bonchev–Trinajstić information content (AvgIpc) is 2.58. The van der Waals surface area contributed by atoms with Gasteiger partial charge in [-0.2, -0.15) is 0 Å². The highest BCUT2D eigenvalue weighted by Gasteiger charge is 2.38. The van der Waals surface area contributed by atoms with Crippen LogP contribution in [0.25, 0.3) is 0 Å². The maximum atomic E-state index is 12.3. The number of thiazole rings is 1. The van der Waals surface area contributed by atoms with Crippen molar-refractivity contribution in [1.82, 2.24) is 9.88 Å². The first-order valence-electron chi connectivity index (χ1n) is 5.50. The van der Waals surface area contributed by atoms with E-state index in [1.807, 2.05) is 0 Å². The molecule has 3 N–H and O–H groups in total. The fraction of sp³-hybridized carbons (Fsp3) is 0.545. The van der Waals surface area contributed by atoms with Gasteiger partial charge in [0.15, 0.2) is 5.13 Å². The molecule has 1 aromatic rings. The van der Waals surface area contributed by atoms with Crippen LogP contribution in [0, 0.1) is 6.92 Å². The number of carbonyl (C=O) groups excluding carboxylic acids is 1. The van der Waals surface area contributed by atoms with Gasteiger partial charge in [-0.25, -0.2) is 9.78 Å². The van der Waals surface area contributed by atoms with Gasteiger partial charge >= 0.3 is 5.97 Å². The molecule has 1 aromatic heterocycles. The summed E-state index contributed by atoms with van der Waals surface area (Å²) in [6, 6.07) is 0. The number of likely N-dealkylation sites (N-methyl/N-ethyl adjacent to an activating group) is 1. The second-order valence-corrected chi connectivity index (χ2v) is 5.41. The van der Waals surface area contributed by atoms with E-state index in [1.54, 1.807) is 13.8 Å². The number of hydrogen-bond donors (Lipinski definition) is 2. The highest BCUT2D eigenvalue weighted by molar-refractivity contribution is 7.17. The highest BCUT2D eigenvalue weighted by Crippen LogP contribution is 2.25. The summed E-state index contributed by atoms with van der Waals surface area (Å²) < 4.78 is 0. The monoisotopic (exact) mass is 271 g/mol. The molecule has 0 fully saturated rings. The Hall–Kier alpha value is -1.63. The topological polar surface area (TPSA) is 96.5 Å². The third-order valence-corrected chi connectivity index (χ3v) is 3.74. The predicted molar refractivity (Wildman–Crippen MR) is 69.7 cm³/mol. The molecular formula is C11H17N3O3S. The zero-order chi connectivity index (χ0) is 14.1. The van der Waals surface area contributed by atoms with Crippen LogP contribution in [-0.2, 0) is 4.79 Å². The number of aliphatic carboxylic acids is 1. The van der Waals surface area contributed by atoms with E-state index in [4.69, 9.17) is 5.73 Å². The van der Waals surface area contributed by atoms with Gasteiger partial charge < -0.3 is 15.7 Å². The summed E-state index contributed by atoms with van der Waals surface area (Å²) >= 11 is 1.08. The molecule has 1 amide bonds. The lowest BCUT2D eigenvalue weighted by atomic mass is 10.0. The standard InChI is InChI=1S/C11H17N3O3S/c1-5-14(11(3,4)9(16)17)8(15)7-6(2)13-10(12)18-7/h5H2,1-4H3,(H2,12,13)(H,16,17). The largest absolute Gasteiger partial charge is 0.480 e. The summed E-state index contributed by atoms with van der Waals surface area (Å²) in [6.07, 6.45) is 0. The fourth-order valence-corrected chi connectivity index (χ4v) is 2.43. The Kier molecular flexibility index (Phi) is 3.95. The molecule has 0 saturated carbocycles. The van der Waals surface area contributed by atoms with Gasteiger partial charge in [0.1, 0.15) is 10.4 Å². The van der Waals surface area contributed by atoms with Crippen LogP contribution in [0.4, 0.5) is 5.13 Å². The average molecular weight is 271 g/mol. The zero-order valence-electron chi connectivity index (χ0n) is 10.9. The summed E-state index contributed by atoms with van der Waals surface area (Å²) in [4.78, 5) is 29.2. The van der Waals surface area contributed by atoms with Crippen LogP contribution in [0.5, 0.6) is 0 Å². The molecule has 1 rings (SSSR count). The van der Waals surface area contributed by atoms with Gasteiger partial charge in [0.25, 0.3) is 5.91 Å². The molecule has 6 nitrogen and oxygen atoms in total. The van der Waals surface area contributed by atoms with E-state index in [9.17, 15) is 14.7 Å². The molecule has 0 aliphatic carbocycles. The molecule has 0 bridgehead atoms. The van der Waals surface area contributed by atoms with Gasteiger partial charge in [-0.15, -0.1) is 0 Å². The van der Waals surface area contributed by atoms with Crippen LogP contribution >= 0.6 is 11.3 Å². The maximum absolute atomic E-state index is 12.3. The van der Waals surface area contributed by atoms with Crippen molar-refractivity contribution < 1.29 is 14.7 Å². The minimum atomic E-state index is -1.27. The molecule has 0 aliphatic rings. The van der Waals surface area contributed by atoms with Crippen molar-refractivity contribution in [3.8, 4) is 0 Å². The third-order valence-electron chi connectivity index (χ3n) is 2.77. The van der Waals surface area contributed by atoms with Crippen LogP contribution < -0.4 is 5.73 Å². The molecule has 0 radical (unpaired) electrons. The van der Waals surface area contributed by atoms with Crippen molar-refractivity contribution in [2.45, 2.75) is 33.2 Å². The molecule has 1 heterocycles. The van der Waals surface area contributed by atoms with Gasteiger partial charge in [-0.05, 0) is 27.7 Å². The molecule has 0 saturated heterocycles. The molecule has 7 heteroatoms. The van der Waals surface area contributed by atoms with Crippen molar-refractivity contribution in [1.29, 1.82) is 0 Å². The number of carbonyl (C=O) groups is 2. The summed E-state index contributed by atoms with van der Waals surface area (Å²) in [5.74, 6) is -1.40. The van der Waals surface area contributed by atoms with E-state index in [1.165, 1.54) is 18.7 Å². The smallest absolute Gasteiger partial charge is 0.329 e. The van der Waals surface area contributed by atoms with Crippen LogP contribution in [0.1, 0.15) is 36.1 Å². The number of aryl methyl sites for hydroxylation is 1. The molecule has 0 aliphatic heterocycles. The SMILES string of the molecule is CCN(C(=O)c1sc(N)nc1C)C(C)(C)C(=O)O. The number of aromatic nitrogens is 1. The molecule has 0 unspecified atom stereocenters. The Morgan fingerprint density at radius 2 is 2.06 bits per heavy atom. The lowest BCUT2D eigenvalue weighted by Crippen LogP contribution is -2.52. The number of nitrogens with zero attached hydrogens (tertiary/aromatic N) is 2. The number of carboxylic acid groups (broad SMARTS) is 1. The molecule has 0 spiro atoms. The second-order valence-electron chi connectivity index (χ2n) is 4.38. The summed E-state index contributed by atoms with van der Waals surface area (Å²) in [5, 5.41) is 9.49. The summed E-state index contributed by atoms with van der Waals surface area (Å²) in [5.41, 5.74) is 4.81. The van der Waals surface area contributed by atoms with Crippen LogP contribution in [0.3, 0.4) is 0 Å². The number of anilines is 1. The van der Waals surface area contributed by atoms with Crippen molar-refractivity contribution in [3.63, 3.8) is 0 Å². The summed E-state index contributed by atoms with van der Waals surface area (Å²) in [6.45, 7) is 6.71. The van der Waals surface area contributed by atoms with Crippen LogP contribution in [-0.4, -0.2) is 39.0 Å². The summed E-state index contributed by atoms with van der Waals surface area (Å²) in [7, 11) is 0. The van der Waals surface area contributed by atoms with Crippen molar-refractivity contribution in [2.24, 2.45) is 0 Å².